The van der Waals surface area contributed by atoms with Crippen molar-refractivity contribution in [2.45, 2.75) is 232 Å². The summed E-state index contributed by atoms with van der Waals surface area (Å²) >= 11 is 0. The zero-order chi connectivity index (χ0) is 47.7. The second-order valence-electron chi connectivity index (χ2n) is 18.8. The number of quaternary nitrogens is 1. The first-order chi connectivity index (χ1) is 31.6. The van der Waals surface area contributed by atoms with Crippen molar-refractivity contribution in [2.24, 2.45) is 0 Å². The summed E-state index contributed by atoms with van der Waals surface area (Å²) in [7, 11) is 5.89. The number of aliphatic carboxylic acids is 1. The fourth-order valence-electron chi connectivity index (χ4n) is 7.19. The summed E-state index contributed by atoms with van der Waals surface area (Å²) in [4.78, 5) is 37.0. The molecule has 0 rings (SSSR count). The molecular formula is C56H99NO8. The summed E-state index contributed by atoms with van der Waals surface area (Å²) in [5.41, 5.74) is 0. The Kier molecular flexibility index (Phi) is 45.3. The van der Waals surface area contributed by atoms with Crippen molar-refractivity contribution >= 4 is 17.9 Å². The molecule has 9 nitrogen and oxygen atoms in total. The number of esters is 2. The number of carbonyl (C=O) groups is 3. The molecule has 0 amide bonds. The molecule has 2 unspecified atom stereocenters. The molecule has 0 saturated heterocycles. The second-order valence-corrected chi connectivity index (χ2v) is 18.8. The molecule has 65 heavy (non-hydrogen) atoms. The molecule has 9 heteroatoms. The van der Waals surface area contributed by atoms with E-state index in [1.54, 1.807) is 0 Å². The number of carbonyl (C=O) groups excluding carboxylic acids is 3. The summed E-state index contributed by atoms with van der Waals surface area (Å²) in [5, 5.41) is 11.7. The standard InChI is InChI=1S/C56H99NO8/c1-6-8-10-12-14-16-18-20-21-22-23-24-25-26-27-28-29-30-31-32-33-35-36-38-40-42-44-46-53(58)63-50-52(51-64-56(55(60)61)62-49-48-57(3,4)5)65-54(59)47-45-43-41-39-37-34-19-17-15-13-11-9-7-2/h9,11,15,17,22-23,34,37,41,43,52,56H,6-8,10,12-14,16,18-21,24-33,35-36,38-40,42,44-51H2,1-5H3/b11-9-,17-15-,23-22-,37-34-,43-41-. The highest BCUT2D eigenvalue weighted by Crippen LogP contribution is 2.15. The summed E-state index contributed by atoms with van der Waals surface area (Å²) in [5.74, 6) is -2.39. The lowest BCUT2D eigenvalue weighted by molar-refractivity contribution is -0.870. The van der Waals surface area contributed by atoms with E-state index in [-0.39, 0.29) is 38.6 Å². The highest BCUT2D eigenvalue weighted by atomic mass is 16.7. The Morgan fingerprint density at radius 1 is 0.477 bits per heavy atom. The average Bonchev–Trinajstić information content (AvgIpc) is 3.27. The third kappa shape index (κ3) is 48.7. The van der Waals surface area contributed by atoms with Crippen LogP contribution in [0.5, 0.6) is 0 Å². The zero-order valence-electron chi connectivity index (χ0n) is 42.6. The highest BCUT2D eigenvalue weighted by molar-refractivity contribution is 5.70. The summed E-state index contributed by atoms with van der Waals surface area (Å²) in [6.45, 7) is 4.55. The van der Waals surface area contributed by atoms with Gasteiger partial charge in [0.1, 0.15) is 13.2 Å². The Bertz CT molecular complexity index is 1250. The van der Waals surface area contributed by atoms with E-state index in [2.05, 4.69) is 62.5 Å². The van der Waals surface area contributed by atoms with Crippen LogP contribution < -0.4 is 5.11 Å². The average molecular weight is 914 g/mol. The van der Waals surface area contributed by atoms with Gasteiger partial charge in [0.05, 0.1) is 40.3 Å². The number of likely N-dealkylation sites (N-methyl/N-ethyl adjacent to an activating group) is 1. The number of ether oxygens (including phenoxy) is 4. The van der Waals surface area contributed by atoms with Crippen LogP contribution in [0.25, 0.3) is 0 Å². The van der Waals surface area contributed by atoms with Gasteiger partial charge in [-0.2, -0.15) is 0 Å². The summed E-state index contributed by atoms with van der Waals surface area (Å²) < 4.78 is 22.5. The first-order valence-corrected chi connectivity index (χ1v) is 26.4. The predicted molar refractivity (Wildman–Crippen MR) is 269 cm³/mol. The fraction of sp³-hybridized carbons (Fsp3) is 0.768. The van der Waals surface area contributed by atoms with E-state index in [0.717, 1.165) is 44.9 Å². The summed E-state index contributed by atoms with van der Waals surface area (Å²) in [6.07, 6.45) is 55.9. The Hall–Kier alpha value is -3.01. The van der Waals surface area contributed by atoms with E-state index in [9.17, 15) is 19.5 Å². The maximum Gasteiger partial charge on any atom is 0.306 e. The molecule has 0 fully saturated rings. The second kappa shape index (κ2) is 47.5. The van der Waals surface area contributed by atoms with E-state index < -0.39 is 24.3 Å². The molecule has 0 aliphatic carbocycles. The third-order valence-electron chi connectivity index (χ3n) is 11.3. The first kappa shape index (κ1) is 62.0. The maximum absolute atomic E-state index is 12.7. The smallest absolute Gasteiger partial charge is 0.306 e. The van der Waals surface area contributed by atoms with Gasteiger partial charge in [-0.05, 0) is 64.2 Å². The van der Waals surface area contributed by atoms with Gasteiger partial charge >= 0.3 is 11.9 Å². The van der Waals surface area contributed by atoms with Crippen LogP contribution in [0, 0.1) is 0 Å². The maximum atomic E-state index is 12.7. The van der Waals surface area contributed by atoms with Crippen LogP contribution in [0.3, 0.4) is 0 Å². The molecule has 0 heterocycles. The Labute approximate surface area is 399 Å². The lowest BCUT2D eigenvalue weighted by atomic mass is 10.0. The van der Waals surface area contributed by atoms with E-state index in [0.29, 0.717) is 17.4 Å². The van der Waals surface area contributed by atoms with Gasteiger partial charge < -0.3 is 33.3 Å². The van der Waals surface area contributed by atoms with Gasteiger partial charge in [0.2, 0.25) is 0 Å². The fourth-order valence-corrected chi connectivity index (χ4v) is 7.19. The molecule has 0 spiro atoms. The Balaban J connectivity index is 4.22. The van der Waals surface area contributed by atoms with Crippen molar-refractivity contribution in [3.63, 3.8) is 0 Å². The van der Waals surface area contributed by atoms with Crippen molar-refractivity contribution in [3.8, 4) is 0 Å². The van der Waals surface area contributed by atoms with E-state index in [1.807, 2.05) is 33.3 Å². The Morgan fingerprint density at radius 2 is 0.908 bits per heavy atom. The molecule has 0 aliphatic rings. The number of carboxylic acid groups (broad SMARTS) is 1. The van der Waals surface area contributed by atoms with Gasteiger partial charge in [-0.25, -0.2) is 0 Å². The topological polar surface area (TPSA) is 111 Å². The minimum atomic E-state index is -1.64. The van der Waals surface area contributed by atoms with Gasteiger partial charge in [-0.15, -0.1) is 0 Å². The third-order valence-corrected chi connectivity index (χ3v) is 11.3. The molecule has 0 aliphatic heterocycles. The van der Waals surface area contributed by atoms with Gasteiger partial charge in [-0.1, -0.05) is 203 Å². The van der Waals surface area contributed by atoms with Crippen molar-refractivity contribution in [2.75, 3.05) is 47.5 Å². The van der Waals surface area contributed by atoms with Crippen LogP contribution in [0.1, 0.15) is 219 Å². The number of unbranched alkanes of at least 4 members (excludes halogenated alkanes) is 23. The SMILES string of the molecule is CC/C=C\C/C=C\C/C=C\C/C=C\CCC(=O)OC(COC(=O)CCCCCCCCCCCCCCCCC/C=C\CCCCCCCCCC)COC(OCC[N+](C)(C)C)C(=O)[O-]. The molecule has 0 aromatic heterocycles. The first-order valence-electron chi connectivity index (χ1n) is 26.4. The quantitative estimate of drug-likeness (QED) is 0.0195. The normalized spacial score (nSPS) is 13.3. The largest absolute Gasteiger partial charge is 0.545 e. The molecule has 0 N–H and O–H groups in total. The molecule has 0 aromatic rings. The number of nitrogens with zero attached hydrogens (tertiary/aromatic N) is 1. The monoisotopic (exact) mass is 914 g/mol. The number of carboxylic acids is 1. The van der Waals surface area contributed by atoms with Gasteiger partial charge in [0.15, 0.2) is 12.4 Å². The zero-order valence-corrected chi connectivity index (χ0v) is 42.6. The lowest BCUT2D eigenvalue weighted by Crippen LogP contribution is -2.44. The number of rotatable bonds is 48. The summed E-state index contributed by atoms with van der Waals surface area (Å²) in [6, 6.07) is 0. The van der Waals surface area contributed by atoms with Crippen molar-refractivity contribution in [1.82, 2.24) is 0 Å². The lowest BCUT2D eigenvalue weighted by Gasteiger charge is -2.26. The highest BCUT2D eigenvalue weighted by Gasteiger charge is 2.21. The predicted octanol–water partition coefficient (Wildman–Crippen LogP) is 13.6. The van der Waals surface area contributed by atoms with Crippen LogP contribution in [0.4, 0.5) is 0 Å². The Morgan fingerprint density at radius 3 is 1.37 bits per heavy atom. The van der Waals surface area contributed by atoms with Crippen LogP contribution in [-0.4, -0.2) is 82.3 Å². The minimum Gasteiger partial charge on any atom is -0.545 e. The van der Waals surface area contributed by atoms with Gasteiger partial charge in [-0.3, -0.25) is 9.59 Å². The van der Waals surface area contributed by atoms with Crippen molar-refractivity contribution < 1.29 is 42.9 Å². The molecule has 0 bridgehead atoms. The van der Waals surface area contributed by atoms with E-state index in [4.69, 9.17) is 18.9 Å². The van der Waals surface area contributed by atoms with E-state index in [1.165, 1.54) is 141 Å². The molecular weight excluding hydrogens is 815 g/mol. The number of hydrogen-bond donors (Lipinski definition) is 0. The minimum absolute atomic E-state index is 0.126. The molecule has 2 atom stereocenters. The van der Waals surface area contributed by atoms with Gasteiger partial charge in [0, 0.05) is 12.8 Å². The molecule has 0 aromatic carbocycles. The van der Waals surface area contributed by atoms with Crippen LogP contribution in [0.2, 0.25) is 0 Å². The van der Waals surface area contributed by atoms with E-state index >= 15 is 0 Å². The van der Waals surface area contributed by atoms with Crippen molar-refractivity contribution in [1.29, 1.82) is 0 Å². The van der Waals surface area contributed by atoms with Crippen molar-refractivity contribution in [3.05, 3.63) is 60.8 Å². The van der Waals surface area contributed by atoms with Gasteiger partial charge in [0.25, 0.3) is 0 Å². The van der Waals surface area contributed by atoms with Crippen LogP contribution >= 0.6 is 0 Å². The molecule has 0 radical (unpaired) electrons. The number of allylic oxidation sites excluding steroid dienone is 10. The molecule has 376 valence electrons. The van der Waals surface area contributed by atoms with Crippen LogP contribution in [-0.2, 0) is 33.3 Å². The molecule has 0 saturated carbocycles. The number of hydrogen-bond acceptors (Lipinski definition) is 8. The van der Waals surface area contributed by atoms with Crippen LogP contribution in [0.15, 0.2) is 60.8 Å².